The van der Waals surface area contributed by atoms with Crippen molar-refractivity contribution < 1.29 is 4.39 Å². The van der Waals surface area contributed by atoms with Gasteiger partial charge in [-0.05, 0) is 42.0 Å². The first kappa shape index (κ1) is 12.1. The summed E-state index contributed by atoms with van der Waals surface area (Å²) in [5.74, 6) is -0.213. The molecular formula is C15H12ClFN2. The number of rotatable bonds is 2. The van der Waals surface area contributed by atoms with Crippen LogP contribution < -0.4 is 5.73 Å². The first-order valence-electron chi connectivity index (χ1n) is 5.92. The lowest BCUT2D eigenvalue weighted by Crippen LogP contribution is -2.01. The molecule has 4 heteroatoms. The molecule has 0 atom stereocenters. The molecule has 0 fully saturated rings. The van der Waals surface area contributed by atoms with E-state index in [9.17, 15) is 4.39 Å². The van der Waals surface area contributed by atoms with Gasteiger partial charge in [0.15, 0.2) is 0 Å². The van der Waals surface area contributed by atoms with Gasteiger partial charge >= 0.3 is 0 Å². The van der Waals surface area contributed by atoms with Crippen LogP contribution in [0, 0.1) is 5.82 Å². The van der Waals surface area contributed by atoms with E-state index in [1.807, 2.05) is 22.9 Å². The maximum Gasteiger partial charge on any atom is 0.132 e. The Labute approximate surface area is 115 Å². The van der Waals surface area contributed by atoms with Crippen LogP contribution in [-0.4, -0.2) is 4.57 Å². The zero-order chi connectivity index (χ0) is 13.4. The number of nitrogens with zero attached hydrogens (tertiary/aromatic N) is 1. The van der Waals surface area contributed by atoms with Crippen molar-refractivity contribution in [2.24, 2.45) is 0 Å². The van der Waals surface area contributed by atoms with Crippen LogP contribution in [0.2, 0.25) is 5.02 Å². The second kappa shape index (κ2) is 4.59. The minimum atomic E-state index is -0.213. The van der Waals surface area contributed by atoms with E-state index in [0.717, 1.165) is 11.1 Å². The standard InChI is InChI=1S/C15H12ClFN2/c16-11-4-5-14(18)10(8-11)9-19-7-6-12-13(17)2-1-3-15(12)19/h1-8H,9,18H2. The van der Waals surface area contributed by atoms with E-state index in [1.165, 1.54) is 6.07 Å². The van der Waals surface area contributed by atoms with Crippen LogP contribution in [-0.2, 0) is 6.54 Å². The second-order valence-electron chi connectivity index (χ2n) is 4.46. The van der Waals surface area contributed by atoms with Crippen molar-refractivity contribution in [2.75, 3.05) is 5.73 Å². The molecule has 96 valence electrons. The van der Waals surface area contributed by atoms with Crippen molar-refractivity contribution in [3.05, 3.63) is 65.1 Å². The van der Waals surface area contributed by atoms with E-state index in [0.29, 0.717) is 22.6 Å². The van der Waals surface area contributed by atoms with Crippen LogP contribution in [0.3, 0.4) is 0 Å². The molecule has 0 aliphatic rings. The molecule has 1 heterocycles. The Hall–Kier alpha value is -2.00. The second-order valence-corrected chi connectivity index (χ2v) is 4.90. The van der Waals surface area contributed by atoms with Gasteiger partial charge in [-0.1, -0.05) is 17.7 Å². The first-order chi connectivity index (χ1) is 9.15. The third-order valence-electron chi connectivity index (χ3n) is 3.21. The highest BCUT2D eigenvalue weighted by molar-refractivity contribution is 6.30. The zero-order valence-corrected chi connectivity index (χ0v) is 10.9. The smallest absolute Gasteiger partial charge is 0.132 e. The summed E-state index contributed by atoms with van der Waals surface area (Å²) in [5, 5.41) is 1.26. The predicted octanol–water partition coefficient (Wildman–Crippen LogP) is 4.06. The quantitative estimate of drug-likeness (QED) is 0.702. The molecule has 2 nitrogen and oxygen atoms in total. The SMILES string of the molecule is Nc1ccc(Cl)cc1Cn1ccc2c(F)cccc21. The topological polar surface area (TPSA) is 30.9 Å². The predicted molar refractivity (Wildman–Crippen MR) is 76.9 cm³/mol. The van der Waals surface area contributed by atoms with Gasteiger partial charge in [0.1, 0.15) is 5.82 Å². The van der Waals surface area contributed by atoms with E-state index in [2.05, 4.69) is 0 Å². The van der Waals surface area contributed by atoms with Crippen LogP contribution in [0.15, 0.2) is 48.7 Å². The largest absolute Gasteiger partial charge is 0.398 e. The molecule has 0 aliphatic carbocycles. The summed E-state index contributed by atoms with van der Waals surface area (Å²) in [4.78, 5) is 0. The van der Waals surface area contributed by atoms with Gasteiger partial charge in [-0.2, -0.15) is 0 Å². The average Bonchev–Trinajstić information content (AvgIpc) is 2.79. The van der Waals surface area contributed by atoms with Gasteiger partial charge in [-0.15, -0.1) is 0 Å². The van der Waals surface area contributed by atoms with E-state index in [4.69, 9.17) is 17.3 Å². The molecule has 0 radical (unpaired) electrons. The average molecular weight is 275 g/mol. The summed E-state index contributed by atoms with van der Waals surface area (Å²) in [7, 11) is 0. The van der Waals surface area contributed by atoms with Gasteiger partial charge in [0.25, 0.3) is 0 Å². The number of anilines is 1. The lowest BCUT2D eigenvalue weighted by Gasteiger charge is -2.09. The monoisotopic (exact) mass is 274 g/mol. The Bertz CT molecular complexity index is 749. The van der Waals surface area contributed by atoms with E-state index >= 15 is 0 Å². The third-order valence-corrected chi connectivity index (χ3v) is 3.44. The molecule has 0 bridgehead atoms. The highest BCUT2D eigenvalue weighted by atomic mass is 35.5. The number of nitrogens with two attached hydrogens (primary N) is 1. The van der Waals surface area contributed by atoms with Crippen molar-refractivity contribution in [1.82, 2.24) is 4.57 Å². The van der Waals surface area contributed by atoms with Gasteiger partial charge in [0.2, 0.25) is 0 Å². The molecule has 19 heavy (non-hydrogen) atoms. The van der Waals surface area contributed by atoms with Crippen LogP contribution >= 0.6 is 11.6 Å². The maximum atomic E-state index is 13.6. The molecule has 2 aromatic carbocycles. The Kier molecular flexibility index (Phi) is 2.91. The number of hydrogen-bond donors (Lipinski definition) is 1. The van der Waals surface area contributed by atoms with Crippen LogP contribution in [0.1, 0.15) is 5.56 Å². The van der Waals surface area contributed by atoms with Gasteiger partial charge in [-0.25, -0.2) is 4.39 Å². The third kappa shape index (κ3) is 2.17. The molecule has 3 aromatic rings. The van der Waals surface area contributed by atoms with Gasteiger partial charge < -0.3 is 10.3 Å². The lowest BCUT2D eigenvalue weighted by molar-refractivity contribution is 0.639. The maximum absolute atomic E-state index is 13.6. The van der Waals surface area contributed by atoms with Gasteiger partial charge in [-0.3, -0.25) is 0 Å². The minimum Gasteiger partial charge on any atom is -0.398 e. The highest BCUT2D eigenvalue weighted by Gasteiger charge is 2.07. The lowest BCUT2D eigenvalue weighted by atomic mass is 10.2. The van der Waals surface area contributed by atoms with Crippen LogP contribution in [0.5, 0.6) is 0 Å². The number of nitrogen functional groups attached to an aromatic ring is 1. The van der Waals surface area contributed by atoms with Crippen molar-refractivity contribution >= 4 is 28.2 Å². The Balaban J connectivity index is 2.06. The van der Waals surface area contributed by atoms with Crippen molar-refractivity contribution in [1.29, 1.82) is 0 Å². The Morgan fingerprint density at radius 1 is 1.16 bits per heavy atom. The zero-order valence-electron chi connectivity index (χ0n) is 10.1. The van der Waals surface area contributed by atoms with Crippen LogP contribution in [0.4, 0.5) is 10.1 Å². The molecule has 0 unspecified atom stereocenters. The van der Waals surface area contributed by atoms with E-state index in [1.54, 1.807) is 24.3 Å². The molecule has 0 spiro atoms. The fourth-order valence-electron chi connectivity index (χ4n) is 2.22. The number of aromatic nitrogens is 1. The van der Waals surface area contributed by atoms with Gasteiger partial charge in [0.05, 0.1) is 5.52 Å². The highest BCUT2D eigenvalue weighted by Crippen LogP contribution is 2.23. The summed E-state index contributed by atoms with van der Waals surface area (Å²) < 4.78 is 15.6. The Morgan fingerprint density at radius 2 is 2.00 bits per heavy atom. The summed E-state index contributed by atoms with van der Waals surface area (Å²) in [6, 6.07) is 12.2. The van der Waals surface area contributed by atoms with Crippen molar-refractivity contribution in [3.8, 4) is 0 Å². The molecule has 0 saturated carbocycles. The van der Waals surface area contributed by atoms with Crippen LogP contribution in [0.25, 0.3) is 10.9 Å². The van der Waals surface area contributed by atoms with E-state index in [-0.39, 0.29) is 5.82 Å². The summed E-state index contributed by atoms with van der Waals surface area (Å²) in [6.45, 7) is 0.569. The number of benzene rings is 2. The summed E-state index contributed by atoms with van der Waals surface area (Å²) >= 11 is 5.98. The number of fused-ring (bicyclic) bond motifs is 1. The molecule has 0 amide bonds. The minimum absolute atomic E-state index is 0.213. The molecular weight excluding hydrogens is 263 g/mol. The number of hydrogen-bond acceptors (Lipinski definition) is 1. The molecule has 0 saturated heterocycles. The van der Waals surface area contributed by atoms with Crippen molar-refractivity contribution in [3.63, 3.8) is 0 Å². The fourth-order valence-corrected chi connectivity index (χ4v) is 2.41. The molecule has 3 rings (SSSR count). The first-order valence-corrected chi connectivity index (χ1v) is 6.30. The fraction of sp³-hybridized carbons (Fsp3) is 0.0667. The summed E-state index contributed by atoms with van der Waals surface area (Å²) in [6.07, 6.45) is 1.86. The van der Waals surface area contributed by atoms with Gasteiger partial charge in [0, 0.05) is 28.8 Å². The normalized spacial score (nSPS) is 11.1. The Morgan fingerprint density at radius 3 is 2.84 bits per heavy atom. The molecule has 1 aromatic heterocycles. The molecule has 2 N–H and O–H groups in total. The molecule has 0 aliphatic heterocycles. The van der Waals surface area contributed by atoms with Crippen molar-refractivity contribution in [2.45, 2.75) is 6.54 Å². The van der Waals surface area contributed by atoms with E-state index < -0.39 is 0 Å². The summed E-state index contributed by atoms with van der Waals surface area (Å²) in [5.41, 5.74) is 8.39. The number of halogens is 2.